The van der Waals surface area contributed by atoms with E-state index >= 15 is 0 Å². The summed E-state index contributed by atoms with van der Waals surface area (Å²) in [7, 11) is -2.46. The van der Waals surface area contributed by atoms with Crippen LogP contribution in [0.1, 0.15) is 11.3 Å². The molecule has 0 bridgehead atoms. The molecule has 0 amide bonds. The first-order valence-corrected chi connectivity index (χ1v) is 7.39. The van der Waals surface area contributed by atoms with Crippen molar-refractivity contribution in [2.75, 3.05) is 11.8 Å². The van der Waals surface area contributed by atoms with Crippen molar-refractivity contribution in [1.82, 2.24) is 10.2 Å². The molecule has 0 saturated heterocycles. The fourth-order valence-electron chi connectivity index (χ4n) is 1.83. The highest BCUT2D eigenvalue weighted by Crippen LogP contribution is 2.30. The lowest BCUT2D eigenvalue weighted by atomic mass is 10.1. The third-order valence-electron chi connectivity index (χ3n) is 2.85. The maximum absolute atomic E-state index is 12.4. The van der Waals surface area contributed by atoms with Crippen LogP contribution >= 0.6 is 0 Å². The summed E-state index contributed by atoms with van der Waals surface area (Å²) in [5.74, 6) is 0.00272. The number of anilines is 1. The number of amidine groups is 1. The molecule has 0 atom stereocenters. The summed E-state index contributed by atoms with van der Waals surface area (Å²) in [6, 6.07) is 4.73. The van der Waals surface area contributed by atoms with Gasteiger partial charge in [0.05, 0.1) is 19.0 Å². The number of aromatic amines is 1. The van der Waals surface area contributed by atoms with Crippen LogP contribution in [0.5, 0.6) is 5.75 Å². The number of hydrogen-bond donors (Lipinski definition) is 4. The van der Waals surface area contributed by atoms with Crippen LogP contribution in [0.3, 0.4) is 0 Å². The topological polar surface area (TPSA) is 134 Å². The minimum atomic E-state index is -3.87. The summed E-state index contributed by atoms with van der Waals surface area (Å²) in [6.07, 6.45) is 1.21. The number of nitrogens with zero attached hydrogens (tertiary/aromatic N) is 1. The number of methoxy groups -OCH3 is 1. The average molecular weight is 309 g/mol. The SMILES string of the molecule is COc1cccc(C(=N)N)c1NS(=O)(=O)c1cn[nH]c1C. The lowest BCUT2D eigenvalue weighted by molar-refractivity contribution is 0.417. The van der Waals surface area contributed by atoms with Crippen LogP contribution in [0.15, 0.2) is 29.3 Å². The average Bonchev–Trinajstić information content (AvgIpc) is 2.85. The normalized spacial score (nSPS) is 11.1. The molecule has 0 saturated carbocycles. The molecule has 0 unspecified atom stereocenters. The number of aryl methyl sites for hydroxylation is 1. The van der Waals surface area contributed by atoms with Gasteiger partial charge in [0, 0.05) is 5.56 Å². The number of rotatable bonds is 5. The van der Waals surface area contributed by atoms with E-state index in [1.165, 1.54) is 19.4 Å². The van der Waals surface area contributed by atoms with Gasteiger partial charge in [-0.25, -0.2) is 8.42 Å². The molecule has 5 N–H and O–H groups in total. The zero-order valence-corrected chi connectivity index (χ0v) is 12.3. The molecule has 1 heterocycles. The molecule has 0 fully saturated rings. The molecule has 112 valence electrons. The van der Waals surface area contributed by atoms with Crippen LogP contribution in [-0.2, 0) is 10.0 Å². The largest absolute Gasteiger partial charge is 0.495 e. The van der Waals surface area contributed by atoms with E-state index in [-0.39, 0.29) is 27.7 Å². The minimum absolute atomic E-state index is 0.0166. The Morgan fingerprint density at radius 3 is 2.71 bits per heavy atom. The molecule has 21 heavy (non-hydrogen) atoms. The summed E-state index contributed by atoms with van der Waals surface area (Å²) in [5, 5.41) is 13.8. The summed E-state index contributed by atoms with van der Waals surface area (Å²) in [4.78, 5) is 0.0166. The Balaban J connectivity index is 2.53. The number of para-hydroxylation sites is 1. The minimum Gasteiger partial charge on any atom is -0.495 e. The summed E-state index contributed by atoms with van der Waals surface area (Å²) in [5.41, 5.74) is 6.24. The van der Waals surface area contributed by atoms with Crippen molar-refractivity contribution in [3.05, 3.63) is 35.7 Å². The number of H-pyrrole nitrogens is 1. The molecule has 0 aliphatic rings. The number of ether oxygens (including phenoxy) is 1. The quantitative estimate of drug-likeness (QED) is 0.479. The lowest BCUT2D eigenvalue weighted by Gasteiger charge is -2.15. The van der Waals surface area contributed by atoms with Gasteiger partial charge in [0.1, 0.15) is 22.2 Å². The highest BCUT2D eigenvalue weighted by Gasteiger charge is 2.22. The highest BCUT2D eigenvalue weighted by molar-refractivity contribution is 7.92. The third-order valence-corrected chi connectivity index (χ3v) is 4.31. The van der Waals surface area contributed by atoms with Crippen LogP contribution in [0.25, 0.3) is 0 Å². The second-order valence-electron chi connectivity index (χ2n) is 4.26. The molecule has 0 radical (unpaired) electrons. The number of benzene rings is 1. The van der Waals surface area contributed by atoms with Crippen molar-refractivity contribution in [3.63, 3.8) is 0 Å². The molecular formula is C12H15N5O3S. The first-order chi connectivity index (χ1) is 9.86. The van der Waals surface area contributed by atoms with Crippen LogP contribution in [-0.4, -0.2) is 31.6 Å². The van der Waals surface area contributed by atoms with E-state index in [1.54, 1.807) is 19.1 Å². The maximum Gasteiger partial charge on any atom is 0.265 e. The van der Waals surface area contributed by atoms with Crippen molar-refractivity contribution in [1.29, 1.82) is 5.41 Å². The third kappa shape index (κ3) is 2.82. The smallest absolute Gasteiger partial charge is 0.265 e. The van der Waals surface area contributed by atoms with Crippen LogP contribution in [0, 0.1) is 12.3 Å². The molecule has 2 rings (SSSR count). The van der Waals surface area contributed by atoms with Crippen molar-refractivity contribution < 1.29 is 13.2 Å². The molecule has 1 aromatic heterocycles. The Labute approximate surface area is 121 Å². The number of hydrogen-bond acceptors (Lipinski definition) is 5. The van der Waals surface area contributed by atoms with Crippen molar-refractivity contribution >= 4 is 21.5 Å². The van der Waals surface area contributed by atoms with Crippen molar-refractivity contribution in [3.8, 4) is 5.75 Å². The predicted molar refractivity (Wildman–Crippen MR) is 78.1 cm³/mol. The van der Waals surface area contributed by atoms with Gasteiger partial charge in [0.15, 0.2) is 0 Å². The zero-order chi connectivity index (χ0) is 15.6. The Kier molecular flexibility index (Phi) is 3.85. The molecule has 0 aliphatic carbocycles. The van der Waals surface area contributed by atoms with E-state index in [4.69, 9.17) is 15.9 Å². The van der Waals surface area contributed by atoms with Crippen LogP contribution in [0.2, 0.25) is 0 Å². The van der Waals surface area contributed by atoms with E-state index in [0.29, 0.717) is 5.69 Å². The number of aromatic nitrogens is 2. The van der Waals surface area contributed by atoms with Gasteiger partial charge in [-0.3, -0.25) is 15.2 Å². The van der Waals surface area contributed by atoms with Gasteiger partial charge >= 0.3 is 0 Å². The van der Waals surface area contributed by atoms with Gasteiger partial charge in [0.25, 0.3) is 10.0 Å². The molecule has 8 nitrogen and oxygen atoms in total. The molecule has 0 aliphatic heterocycles. The molecular weight excluding hydrogens is 294 g/mol. The number of nitrogens with two attached hydrogens (primary N) is 1. The lowest BCUT2D eigenvalue weighted by Crippen LogP contribution is -2.19. The molecule has 0 spiro atoms. The standard InChI is InChI=1S/C12H15N5O3S/c1-7-10(6-15-16-7)21(18,19)17-11-8(12(13)14)4-3-5-9(11)20-2/h3-6,17H,1-2H3,(H3,13,14)(H,15,16). The van der Waals surface area contributed by atoms with Gasteiger partial charge in [0.2, 0.25) is 0 Å². The number of sulfonamides is 1. The van der Waals surface area contributed by atoms with E-state index in [2.05, 4.69) is 14.9 Å². The fraction of sp³-hybridized carbons (Fsp3) is 0.167. The van der Waals surface area contributed by atoms with Crippen molar-refractivity contribution in [2.45, 2.75) is 11.8 Å². The van der Waals surface area contributed by atoms with Gasteiger partial charge in [-0.05, 0) is 19.1 Å². The van der Waals surface area contributed by atoms with Crippen molar-refractivity contribution in [2.24, 2.45) is 5.73 Å². The summed E-state index contributed by atoms with van der Waals surface area (Å²) < 4.78 is 32.3. The predicted octanol–water partition coefficient (Wildman–Crippen LogP) is 0.812. The zero-order valence-electron chi connectivity index (χ0n) is 11.5. The first-order valence-electron chi connectivity index (χ1n) is 5.91. The Morgan fingerprint density at radius 2 is 2.19 bits per heavy atom. The second-order valence-corrected chi connectivity index (χ2v) is 5.91. The monoisotopic (exact) mass is 309 g/mol. The maximum atomic E-state index is 12.4. The molecule has 1 aromatic carbocycles. The molecule has 9 heteroatoms. The van der Waals surface area contributed by atoms with E-state index in [9.17, 15) is 8.42 Å². The summed E-state index contributed by atoms with van der Waals surface area (Å²) >= 11 is 0. The number of nitrogens with one attached hydrogen (secondary N) is 3. The molecule has 2 aromatic rings. The second kappa shape index (κ2) is 5.44. The first kappa shape index (κ1) is 14.9. The van der Waals surface area contributed by atoms with E-state index in [1.807, 2.05) is 0 Å². The Hall–Kier alpha value is -2.55. The van der Waals surface area contributed by atoms with Crippen LogP contribution in [0.4, 0.5) is 5.69 Å². The summed E-state index contributed by atoms with van der Waals surface area (Å²) in [6.45, 7) is 1.59. The van der Waals surface area contributed by atoms with Gasteiger partial charge in [-0.1, -0.05) is 6.07 Å². The van der Waals surface area contributed by atoms with Gasteiger partial charge < -0.3 is 10.5 Å². The fourth-order valence-corrected chi connectivity index (χ4v) is 3.06. The Morgan fingerprint density at radius 1 is 1.48 bits per heavy atom. The van der Waals surface area contributed by atoms with E-state index < -0.39 is 10.0 Å². The van der Waals surface area contributed by atoms with Crippen LogP contribution < -0.4 is 15.2 Å². The Bertz CT molecular complexity index is 782. The van der Waals surface area contributed by atoms with Gasteiger partial charge in [-0.2, -0.15) is 5.10 Å². The highest BCUT2D eigenvalue weighted by atomic mass is 32.2. The number of nitrogen functional groups attached to an aromatic ring is 1. The van der Waals surface area contributed by atoms with Gasteiger partial charge in [-0.15, -0.1) is 0 Å². The van der Waals surface area contributed by atoms with E-state index in [0.717, 1.165) is 0 Å².